The van der Waals surface area contributed by atoms with Crippen LogP contribution in [0, 0.1) is 0 Å². The number of thiophene rings is 1. The zero-order valence-corrected chi connectivity index (χ0v) is 10.3. The number of carbonyl (C=O) groups excluding carboxylic acids is 2. The van der Waals surface area contributed by atoms with Crippen LogP contribution < -0.4 is 5.32 Å². The summed E-state index contributed by atoms with van der Waals surface area (Å²) in [6.45, 7) is 0.180. The minimum atomic E-state index is -0.536. The number of carbonyl (C=O) groups is 2. The van der Waals surface area contributed by atoms with Crippen LogP contribution in [0.25, 0.3) is 0 Å². The number of aromatic nitrogens is 1. The number of hydrogen-bond donors (Lipinski definition) is 2. The van der Waals surface area contributed by atoms with Crippen molar-refractivity contribution in [3.8, 4) is 0 Å². The van der Waals surface area contributed by atoms with E-state index < -0.39 is 5.97 Å². The smallest absolute Gasteiger partial charge is 0.355 e. The molecule has 0 saturated carbocycles. The Labute approximate surface area is 108 Å². The highest BCUT2D eigenvalue weighted by molar-refractivity contribution is 7.09. The molecule has 0 unspecified atom stereocenters. The van der Waals surface area contributed by atoms with E-state index in [9.17, 15) is 9.59 Å². The molecule has 2 N–H and O–H groups in total. The van der Waals surface area contributed by atoms with Crippen LogP contribution in [0.3, 0.4) is 0 Å². The Balaban J connectivity index is 1.70. The first kappa shape index (κ1) is 12.4. The number of aromatic amines is 1. The van der Waals surface area contributed by atoms with Crippen molar-refractivity contribution in [1.82, 2.24) is 10.3 Å². The Kier molecular flexibility index (Phi) is 4.14. The predicted octanol–water partition coefficient (Wildman–Crippen LogP) is 1.55. The summed E-state index contributed by atoms with van der Waals surface area (Å²) in [5.41, 5.74) is 0.334. The maximum Gasteiger partial charge on any atom is 0.355 e. The van der Waals surface area contributed by atoms with Gasteiger partial charge in [-0.2, -0.15) is 0 Å². The summed E-state index contributed by atoms with van der Waals surface area (Å²) in [5.74, 6) is -0.852. The van der Waals surface area contributed by atoms with E-state index in [1.165, 1.54) is 0 Å². The molecule has 2 aromatic heterocycles. The first-order valence-corrected chi connectivity index (χ1v) is 6.23. The molecule has 2 rings (SSSR count). The van der Waals surface area contributed by atoms with Crippen molar-refractivity contribution < 1.29 is 14.3 Å². The number of amides is 1. The summed E-state index contributed by atoms with van der Waals surface area (Å²) in [6, 6.07) is 7.12. The number of rotatable bonds is 5. The summed E-state index contributed by atoms with van der Waals surface area (Å²) < 4.78 is 4.84. The zero-order valence-electron chi connectivity index (χ0n) is 9.51. The lowest BCUT2D eigenvalue weighted by atomic mass is 10.4. The molecule has 94 valence electrons. The second kappa shape index (κ2) is 6.02. The van der Waals surface area contributed by atoms with Gasteiger partial charge < -0.3 is 15.0 Å². The van der Waals surface area contributed by atoms with Crippen molar-refractivity contribution in [2.45, 2.75) is 6.54 Å². The largest absolute Gasteiger partial charge is 0.451 e. The molecular formula is C12H12N2O3S. The Hall–Kier alpha value is -2.08. The first-order chi connectivity index (χ1) is 8.75. The van der Waals surface area contributed by atoms with E-state index in [1.54, 1.807) is 29.7 Å². The van der Waals surface area contributed by atoms with Crippen LogP contribution in [0.2, 0.25) is 0 Å². The Bertz CT molecular complexity index is 505. The lowest BCUT2D eigenvalue weighted by Gasteiger charge is -2.04. The van der Waals surface area contributed by atoms with Crippen LogP contribution in [0.4, 0.5) is 0 Å². The van der Waals surface area contributed by atoms with Gasteiger partial charge in [0, 0.05) is 11.1 Å². The molecule has 18 heavy (non-hydrogen) atoms. The third kappa shape index (κ3) is 3.46. The lowest BCUT2D eigenvalue weighted by Crippen LogP contribution is -2.28. The Morgan fingerprint density at radius 3 is 2.89 bits per heavy atom. The molecule has 0 atom stereocenters. The highest BCUT2D eigenvalue weighted by atomic mass is 32.1. The van der Waals surface area contributed by atoms with E-state index >= 15 is 0 Å². The van der Waals surface area contributed by atoms with E-state index in [-0.39, 0.29) is 12.5 Å². The second-order valence-electron chi connectivity index (χ2n) is 3.52. The van der Waals surface area contributed by atoms with Gasteiger partial charge in [-0.3, -0.25) is 4.79 Å². The van der Waals surface area contributed by atoms with Gasteiger partial charge in [0.05, 0.1) is 6.54 Å². The van der Waals surface area contributed by atoms with Gasteiger partial charge in [-0.1, -0.05) is 6.07 Å². The molecule has 2 heterocycles. The summed E-state index contributed by atoms with van der Waals surface area (Å²) >= 11 is 1.56. The number of H-pyrrole nitrogens is 1. The summed E-state index contributed by atoms with van der Waals surface area (Å²) in [7, 11) is 0. The van der Waals surface area contributed by atoms with E-state index in [0.717, 1.165) is 4.88 Å². The molecular weight excluding hydrogens is 252 g/mol. The van der Waals surface area contributed by atoms with Gasteiger partial charge in [0.25, 0.3) is 5.91 Å². The average molecular weight is 264 g/mol. The standard InChI is InChI=1S/C12H12N2O3S/c15-11(14-7-9-3-2-6-18-9)8-17-12(16)10-4-1-5-13-10/h1-6,13H,7-8H2,(H,14,15). The van der Waals surface area contributed by atoms with Gasteiger partial charge in [-0.15, -0.1) is 11.3 Å². The molecule has 0 spiro atoms. The minimum Gasteiger partial charge on any atom is -0.451 e. The lowest BCUT2D eigenvalue weighted by molar-refractivity contribution is -0.124. The molecule has 0 fully saturated rings. The third-order valence-electron chi connectivity index (χ3n) is 2.19. The minimum absolute atomic E-state index is 0.275. The predicted molar refractivity (Wildman–Crippen MR) is 67.2 cm³/mol. The first-order valence-electron chi connectivity index (χ1n) is 5.35. The second-order valence-corrected chi connectivity index (χ2v) is 4.55. The summed E-state index contributed by atoms with van der Waals surface area (Å²) in [6.07, 6.45) is 1.62. The van der Waals surface area contributed by atoms with Gasteiger partial charge in [-0.05, 0) is 23.6 Å². The van der Waals surface area contributed by atoms with Crippen LogP contribution in [-0.2, 0) is 16.1 Å². The van der Waals surface area contributed by atoms with Gasteiger partial charge >= 0.3 is 5.97 Å². The Morgan fingerprint density at radius 2 is 2.22 bits per heavy atom. The van der Waals surface area contributed by atoms with Crippen LogP contribution in [0.15, 0.2) is 35.8 Å². The van der Waals surface area contributed by atoms with Gasteiger partial charge in [-0.25, -0.2) is 4.79 Å². The highest BCUT2D eigenvalue weighted by Gasteiger charge is 2.10. The molecule has 5 nitrogen and oxygen atoms in total. The van der Waals surface area contributed by atoms with Crippen molar-refractivity contribution in [2.75, 3.05) is 6.61 Å². The molecule has 6 heteroatoms. The normalized spacial score (nSPS) is 10.0. The Morgan fingerprint density at radius 1 is 1.33 bits per heavy atom. The van der Waals surface area contributed by atoms with Gasteiger partial charge in [0.15, 0.2) is 6.61 Å². The van der Waals surface area contributed by atoms with Crippen molar-refractivity contribution in [3.63, 3.8) is 0 Å². The quantitative estimate of drug-likeness (QED) is 0.805. The molecule has 0 radical (unpaired) electrons. The molecule has 2 aromatic rings. The van der Waals surface area contributed by atoms with Gasteiger partial charge in [0.2, 0.25) is 0 Å². The fourth-order valence-electron chi connectivity index (χ4n) is 1.32. The van der Waals surface area contributed by atoms with E-state index in [0.29, 0.717) is 12.2 Å². The summed E-state index contributed by atoms with van der Waals surface area (Å²) in [4.78, 5) is 26.6. The maximum absolute atomic E-state index is 11.4. The average Bonchev–Trinajstić information content (AvgIpc) is 3.05. The van der Waals surface area contributed by atoms with E-state index in [2.05, 4.69) is 10.3 Å². The topological polar surface area (TPSA) is 71.2 Å². The van der Waals surface area contributed by atoms with Crippen molar-refractivity contribution in [1.29, 1.82) is 0 Å². The van der Waals surface area contributed by atoms with E-state index in [1.807, 2.05) is 17.5 Å². The molecule has 0 aliphatic carbocycles. The molecule has 0 aliphatic rings. The van der Waals surface area contributed by atoms with Crippen molar-refractivity contribution in [3.05, 3.63) is 46.4 Å². The van der Waals surface area contributed by atoms with Crippen LogP contribution in [0.1, 0.15) is 15.4 Å². The third-order valence-corrected chi connectivity index (χ3v) is 3.07. The summed E-state index contributed by atoms with van der Waals surface area (Å²) in [5, 5.41) is 4.61. The highest BCUT2D eigenvalue weighted by Crippen LogP contribution is 2.07. The number of esters is 1. The monoisotopic (exact) mass is 264 g/mol. The molecule has 0 aromatic carbocycles. The number of nitrogens with one attached hydrogen (secondary N) is 2. The SMILES string of the molecule is O=C(COC(=O)c1ccc[nH]1)NCc1cccs1. The van der Waals surface area contributed by atoms with Gasteiger partial charge in [0.1, 0.15) is 5.69 Å². The number of ether oxygens (including phenoxy) is 1. The molecule has 0 aliphatic heterocycles. The van der Waals surface area contributed by atoms with E-state index in [4.69, 9.17) is 4.74 Å². The maximum atomic E-state index is 11.4. The van der Waals surface area contributed by atoms with Crippen molar-refractivity contribution >= 4 is 23.2 Å². The molecule has 1 amide bonds. The molecule has 0 bridgehead atoms. The van der Waals surface area contributed by atoms with Crippen LogP contribution in [-0.4, -0.2) is 23.5 Å². The van der Waals surface area contributed by atoms with Crippen LogP contribution >= 0.6 is 11.3 Å². The molecule has 0 saturated heterocycles. The van der Waals surface area contributed by atoms with Crippen LogP contribution in [0.5, 0.6) is 0 Å². The number of hydrogen-bond acceptors (Lipinski definition) is 4. The zero-order chi connectivity index (χ0) is 12.8. The fourth-order valence-corrected chi connectivity index (χ4v) is 1.96. The van der Waals surface area contributed by atoms with Crippen molar-refractivity contribution in [2.24, 2.45) is 0 Å². The fraction of sp³-hybridized carbons (Fsp3) is 0.167.